The summed E-state index contributed by atoms with van der Waals surface area (Å²) in [6.07, 6.45) is 1.63. The highest BCUT2D eigenvalue weighted by atomic mass is 35.5. The summed E-state index contributed by atoms with van der Waals surface area (Å²) in [6.45, 7) is 0. The number of halogens is 1. The standard InChI is InChI=1S/C16H13ClN2O/c17-14-9-7-13(8-10-14)16-18-15(20-19-16)11-6-12-4-2-1-3-5-12/h1-5,7-10H,6,11H2. The fraction of sp³-hybridized carbons (Fsp3) is 0.125. The van der Waals surface area contributed by atoms with Crippen molar-refractivity contribution in [2.24, 2.45) is 0 Å². The van der Waals surface area contributed by atoms with Crippen LogP contribution in [0.25, 0.3) is 11.4 Å². The van der Waals surface area contributed by atoms with Crippen molar-refractivity contribution in [1.82, 2.24) is 10.1 Å². The molecule has 2 aromatic carbocycles. The van der Waals surface area contributed by atoms with Gasteiger partial charge >= 0.3 is 0 Å². The van der Waals surface area contributed by atoms with Crippen molar-refractivity contribution in [1.29, 1.82) is 0 Å². The molecule has 0 spiro atoms. The Hall–Kier alpha value is -2.13. The summed E-state index contributed by atoms with van der Waals surface area (Å²) in [5.74, 6) is 1.25. The van der Waals surface area contributed by atoms with Crippen molar-refractivity contribution in [3.63, 3.8) is 0 Å². The average Bonchev–Trinajstić information content (AvgIpc) is 2.96. The van der Waals surface area contributed by atoms with Crippen LogP contribution in [-0.2, 0) is 12.8 Å². The van der Waals surface area contributed by atoms with Gasteiger partial charge in [-0.15, -0.1) is 0 Å². The zero-order chi connectivity index (χ0) is 13.8. The van der Waals surface area contributed by atoms with Gasteiger partial charge in [0.25, 0.3) is 0 Å². The first-order valence-electron chi connectivity index (χ1n) is 6.44. The summed E-state index contributed by atoms with van der Waals surface area (Å²) >= 11 is 5.86. The second kappa shape index (κ2) is 5.88. The highest BCUT2D eigenvalue weighted by Crippen LogP contribution is 2.19. The van der Waals surface area contributed by atoms with Crippen LogP contribution in [0.3, 0.4) is 0 Å². The lowest BCUT2D eigenvalue weighted by Crippen LogP contribution is -1.91. The number of rotatable bonds is 4. The Morgan fingerprint density at radius 3 is 2.40 bits per heavy atom. The van der Waals surface area contributed by atoms with Gasteiger partial charge in [0.2, 0.25) is 11.7 Å². The number of hydrogen-bond acceptors (Lipinski definition) is 3. The van der Waals surface area contributed by atoms with Crippen LogP contribution in [0.2, 0.25) is 5.02 Å². The van der Waals surface area contributed by atoms with Gasteiger partial charge in [0.15, 0.2) is 0 Å². The third-order valence-electron chi connectivity index (χ3n) is 3.04. The number of aromatic nitrogens is 2. The Morgan fingerprint density at radius 2 is 1.65 bits per heavy atom. The van der Waals surface area contributed by atoms with Crippen LogP contribution in [0.15, 0.2) is 59.1 Å². The quantitative estimate of drug-likeness (QED) is 0.721. The SMILES string of the molecule is Clc1ccc(-c2noc(CCc3ccccc3)n2)cc1. The molecule has 0 saturated heterocycles. The van der Waals surface area contributed by atoms with E-state index in [1.165, 1.54) is 5.56 Å². The molecule has 0 aliphatic carbocycles. The summed E-state index contributed by atoms with van der Waals surface area (Å²) in [7, 11) is 0. The summed E-state index contributed by atoms with van der Waals surface area (Å²) < 4.78 is 5.28. The first kappa shape index (κ1) is 12.9. The average molecular weight is 285 g/mol. The largest absolute Gasteiger partial charge is 0.339 e. The topological polar surface area (TPSA) is 38.9 Å². The third-order valence-corrected chi connectivity index (χ3v) is 3.29. The maximum Gasteiger partial charge on any atom is 0.227 e. The Bertz CT molecular complexity index is 677. The van der Waals surface area contributed by atoms with Gasteiger partial charge in [-0.1, -0.05) is 47.1 Å². The zero-order valence-corrected chi connectivity index (χ0v) is 11.5. The molecule has 3 rings (SSSR count). The Kier molecular flexibility index (Phi) is 3.79. The molecule has 3 nitrogen and oxygen atoms in total. The van der Waals surface area contributed by atoms with E-state index in [1.54, 1.807) is 0 Å². The van der Waals surface area contributed by atoms with E-state index in [0.717, 1.165) is 18.4 Å². The van der Waals surface area contributed by atoms with E-state index in [9.17, 15) is 0 Å². The number of nitrogens with zero attached hydrogens (tertiary/aromatic N) is 2. The molecule has 0 saturated carbocycles. The van der Waals surface area contributed by atoms with Crippen molar-refractivity contribution in [3.05, 3.63) is 71.1 Å². The fourth-order valence-electron chi connectivity index (χ4n) is 1.97. The molecule has 0 fully saturated rings. The van der Waals surface area contributed by atoms with Gasteiger partial charge in [-0.3, -0.25) is 0 Å². The van der Waals surface area contributed by atoms with Crippen LogP contribution in [0.4, 0.5) is 0 Å². The van der Waals surface area contributed by atoms with Gasteiger partial charge in [-0.05, 0) is 36.2 Å². The first-order chi connectivity index (χ1) is 9.81. The maximum atomic E-state index is 5.86. The van der Waals surface area contributed by atoms with Crippen molar-refractivity contribution in [2.45, 2.75) is 12.8 Å². The van der Waals surface area contributed by atoms with Crippen LogP contribution in [0.1, 0.15) is 11.5 Å². The van der Waals surface area contributed by atoms with Gasteiger partial charge in [-0.25, -0.2) is 0 Å². The fourth-order valence-corrected chi connectivity index (χ4v) is 2.09. The molecule has 0 N–H and O–H groups in total. The molecule has 0 radical (unpaired) electrons. The summed E-state index contributed by atoms with van der Waals surface area (Å²) in [5.41, 5.74) is 2.17. The molecule has 1 heterocycles. The Balaban J connectivity index is 1.69. The zero-order valence-electron chi connectivity index (χ0n) is 10.8. The van der Waals surface area contributed by atoms with Crippen molar-refractivity contribution in [3.8, 4) is 11.4 Å². The van der Waals surface area contributed by atoms with E-state index in [4.69, 9.17) is 16.1 Å². The molecule has 1 aromatic heterocycles. The lowest BCUT2D eigenvalue weighted by atomic mass is 10.1. The smallest absolute Gasteiger partial charge is 0.227 e. The Morgan fingerprint density at radius 1 is 0.900 bits per heavy atom. The van der Waals surface area contributed by atoms with Crippen molar-refractivity contribution < 1.29 is 4.52 Å². The van der Waals surface area contributed by atoms with Crippen molar-refractivity contribution >= 4 is 11.6 Å². The minimum absolute atomic E-state index is 0.602. The number of hydrogen-bond donors (Lipinski definition) is 0. The molecule has 0 aliphatic heterocycles. The molecule has 0 bridgehead atoms. The Labute approximate surface area is 122 Å². The van der Waals surface area contributed by atoms with Gasteiger partial charge in [0.05, 0.1) is 0 Å². The van der Waals surface area contributed by atoms with Crippen LogP contribution >= 0.6 is 11.6 Å². The molecule has 0 unspecified atom stereocenters. The summed E-state index contributed by atoms with van der Waals surface area (Å²) in [5, 5.41) is 4.70. The monoisotopic (exact) mass is 284 g/mol. The molecular formula is C16H13ClN2O. The van der Waals surface area contributed by atoms with E-state index >= 15 is 0 Å². The highest BCUT2D eigenvalue weighted by Gasteiger charge is 2.08. The van der Waals surface area contributed by atoms with E-state index in [0.29, 0.717) is 16.7 Å². The third kappa shape index (κ3) is 3.06. The molecule has 20 heavy (non-hydrogen) atoms. The molecule has 0 aliphatic rings. The predicted molar refractivity (Wildman–Crippen MR) is 78.6 cm³/mol. The van der Waals surface area contributed by atoms with Gasteiger partial charge in [0, 0.05) is 17.0 Å². The maximum absolute atomic E-state index is 5.86. The number of benzene rings is 2. The lowest BCUT2D eigenvalue weighted by molar-refractivity contribution is 0.379. The van der Waals surface area contributed by atoms with Crippen LogP contribution < -0.4 is 0 Å². The molecule has 0 amide bonds. The summed E-state index contributed by atoms with van der Waals surface area (Å²) in [6, 6.07) is 17.7. The number of aryl methyl sites for hydroxylation is 2. The van der Waals surface area contributed by atoms with E-state index in [-0.39, 0.29) is 0 Å². The van der Waals surface area contributed by atoms with Crippen LogP contribution in [0, 0.1) is 0 Å². The second-order valence-electron chi connectivity index (χ2n) is 4.50. The molecule has 100 valence electrons. The first-order valence-corrected chi connectivity index (χ1v) is 6.81. The lowest BCUT2D eigenvalue weighted by Gasteiger charge is -1.96. The van der Waals surface area contributed by atoms with E-state index < -0.39 is 0 Å². The minimum atomic E-state index is 0.602. The summed E-state index contributed by atoms with van der Waals surface area (Å²) in [4.78, 5) is 4.40. The van der Waals surface area contributed by atoms with Gasteiger partial charge in [0.1, 0.15) is 0 Å². The molecule has 3 aromatic rings. The van der Waals surface area contributed by atoms with Gasteiger partial charge < -0.3 is 4.52 Å². The minimum Gasteiger partial charge on any atom is -0.339 e. The molecular weight excluding hydrogens is 272 g/mol. The molecule has 0 atom stereocenters. The van der Waals surface area contributed by atoms with Crippen LogP contribution in [0.5, 0.6) is 0 Å². The van der Waals surface area contributed by atoms with E-state index in [1.807, 2.05) is 42.5 Å². The highest BCUT2D eigenvalue weighted by molar-refractivity contribution is 6.30. The van der Waals surface area contributed by atoms with Gasteiger partial charge in [-0.2, -0.15) is 4.98 Å². The predicted octanol–water partition coefficient (Wildman–Crippen LogP) is 4.18. The molecule has 4 heteroatoms. The van der Waals surface area contributed by atoms with Crippen molar-refractivity contribution in [2.75, 3.05) is 0 Å². The second-order valence-corrected chi connectivity index (χ2v) is 4.94. The normalized spacial score (nSPS) is 10.7. The van der Waals surface area contributed by atoms with E-state index in [2.05, 4.69) is 22.3 Å². The van der Waals surface area contributed by atoms with Crippen LogP contribution in [-0.4, -0.2) is 10.1 Å².